The lowest BCUT2D eigenvalue weighted by Gasteiger charge is -1.99. The zero-order valence-corrected chi connectivity index (χ0v) is 14.2. The first-order valence-corrected chi connectivity index (χ1v) is 8.52. The second-order valence-corrected chi connectivity index (χ2v) is 6.06. The van der Waals surface area contributed by atoms with Crippen molar-refractivity contribution in [2.24, 2.45) is 0 Å². The fourth-order valence-corrected chi connectivity index (χ4v) is 2.97. The smallest absolute Gasteiger partial charge is 0.312 e. The molecule has 0 saturated heterocycles. The lowest BCUT2D eigenvalue weighted by atomic mass is 10.3. The Bertz CT molecular complexity index is 995. The van der Waals surface area contributed by atoms with Crippen molar-refractivity contribution in [1.29, 1.82) is 0 Å². The molecule has 0 spiro atoms. The Kier molecular flexibility index (Phi) is 4.52. The molecule has 9 heteroatoms. The second kappa shape index (κ2) is 7.28. The van der Waals surface area contributed by atoms with E-state index < -0.39 is 5.97 Å². The van der Waals surface area contributed by atoms with Crippen molar-refractivity contribution in [1.82, 2.24) is 20.2 Å². The van der Waals surface area contributed by atoms with Crippen LogP contribution in [0.4, 0.5) is 0 Å². The third-order valence-corrected chi connectivity index (χ3v) is 4.28. The van der Waals surface area contributed by atoms with Crippen molar-refractivity contribution in [2.45, 2.75) is 13.0 Å². The Morgan fingerprint density at radius 2 is 2.19 bits per heavy atom. The van der Waals surface area contributed by atoms with Crippen LogP contribution in [0.5, 0.6) is 0 Å². The third-order valence-electron chi connectivity index (χ3n) is 3.34. The number of carbonyl (C=O) groups excluding carboxylic acids is 1. The average Bonchev–Trinajstić information content (AvgIpc) is 3.41. The maximum atomic E-state index is 12.0. The van der Waals surface area contributed by atoms with E-state index in [9.17, 15) is 4.79 Å². The molecule has 0 saturated carbocycles. The Labute approximate surface area is 151 Å². The van der Waals surface area contributed by atoms with E-state index >= 15 is 0 Å². The van der Waals surface area contributed by atoms with E-state index in [0.29, 0.717) is 11.5 Å². The highest BCUT2D eigenvalue weighted by molar-refractivity contribution is 7.13. The van der Waals surface area contributed by atoms with Gasteiger partial charge < -0.3 is 13.6 Å². The molecule has 130 valence electrons. The summed E-state index contributed by atoms with van der Waals surface area (Å²) in [6.07, 6.45) is 5.00. The van der Waals surface area contributed by atoms with Gasteiger partial charge in [0.2, 0.25) is 0 Å². The van der Waals surface area contributed by atoms with Crippen molar-refractivity contribution in [3.8, 4) is 22.2 Å². The normalized spacial score (nSPS) is 10.8. The maximum Gasteiger partial charge on any atom is 0.312 e. The summed E-state index contributed by atoms with van der Waals surface area (Å²) >= 11 is 1.45. The molecular weight excluding hydrogens is 356 g/mol. The quantitative estimate of drug-likeness (QED) is 0.478. The highest BCUT2D eigenvalue weighted by atomic mass is 32.1. The van der Waals surface area contributed by atoms with Crippen LogP contribution in [0.2, 0.25) is 0 Å². The highest BCUT2D eigenvalue weighted by Gasteiger charge is 2.14. The largest absolute Gasteiger partial charge is 0.459 e. The van der Waals surface area contributed by atoms with Crippen LogP contribution in [0, 0.1) is 0 Å². The number of carbonyl (C=O) groups is 1. The van der Waals surface area contributed by atoms with Gasteiger partial charge in [-0.1, -0.05) is 0 Å². The zero-order valence-electron chi connectivity index (χ0n) is 13.4. The number of thiazole rings is 1. The first kappa shape index (κ1) is 16.2. The lowest BCUT2D eigenvalue weighted by Crippen LogP contribution is -2.08. The van der Waals surface area contributed by atoms with Gasteiger partial charge in [-0.2, -0.15) is 0 Å². The van der Waals surface area contributed by atoms with Gasteiger partial charge in [-0.25, -0.2) is 4.98 Å². The topological polar surface area (TPSA) is 104 Å². The first-order chi connectivity index (χ1) is 12.8. The van der Waals surface area contributed by atoms with Crippen LogP contribution < -0.4 is 0 Å². The summed E-state index contributed by atoms with van der Waals surface area (Å²) in [4.78, 5) is 20.5. The fourth-order valence-electron chi connectivity index (χ4n) is 2.16. The Morgan fingerprint density at radius 3 is 3.00 bits per heavy atom. The number of hydrogen-bond donors (Lipinski definition) is 0. The number of hydrogen-bond acceptors (Lipinski definition) is 9. The van der Waals surface area contributed by atoms with Crippen molar-refractivity contribution in [2.75, 3.05) is 0 Å². The molecule has 0 fully saturated rings. The molecule has 0 aliphatic carbocycles. The van der Waals surface area contributed by atoms with Gasteiger partial charge in [-0.3, -0.25) is 9.78 Å². The van der Waals surface area contributed by atoms with Crippen molar-refractivity contribution >= 4 is 17.3 Å². The molecule has 0 bridgehead atoms. The van der Waals surface area contributed by atoms with Crippen LogP contribution in [0.3, 0.4) is 0 Å². The van der Waals surface area contributed by atoms with Crippen molar-refractivity contribution < 1.29 is 18.4 Å². The Balaban J connectivity index is 1.33. The van der Waals surface area contributed by atoms with Crippen molar-refractivity contribution in [3.05, 3.63) is 59.9 Å². The lowest BCUT2D eigenvalue weighted by molar-refractivity contribution is -0.144. The average molecular weight is 368 g/mol. The van der Waals surface area contributed by atoms with E-state index in [2.05, 4.69) is 20.2 Å². The fraction of sp³-hybridized carbons (Fsp3) is 0.118. The highest BCUT2D eigenvalue weighted by Crippen LogP contribution is 2.23. The first-order valence-electron chi connectivity index (χ1n) is 7.64. The molecule has 4 aromatic rings. The van der Waals surface area contributed by atoms with Crippen LogP contribution in [0.15, 0.2) is 57.1 Å². The number of furan rings is 1. The maximum absolute atomic E-state index is 12.0. The molecule has 0 N–H and O–H groups in total. The van der Waals surface area contributed by atoms with Crippen molar-refractivity contribution in [3.63, 3.8) is 0 Å². The van der Waals surface area contributed by atoms with Gasteiger partial charge in [0.1, 0.15) is 5.01 Å². The van der Waals surface area contributed by atoms with Crippen LogP contribution in [-0.2, 0) is 22.6 Å². The summed E-state index contributed by atoms with van der Waals surface area (Å²) < 4.78 is 15.7. The molecule has 26 heavy (non-hydrogen) atoms. The molecule has 4 heterocycles. The van der Waals surface area contributed by atoms with Crippen LogP contribution in [-0.4, -0.2) is 26.1 Å². The standard InChI is InChI=1S/C17H12N4O4S/c22-15(7-12-10-26-17(19-12)11-3-1-5-18-8-11)24-9-14-20-21-16(25-14)13-4-2-6-23-13/h1-6,8,10H,7,9H2. The minimum atomic E-state index is -0.425. The van der Waals surface area contributed by atoms with E-state index in [1.807, 2.05) is 17.5 Å². The molecule has 0 amide bonds. The predicted molar refractivity (Wildman–Crippen MR) is 90.8 cm³/mol. The number of ether oxygens (including phenoxy) is 1. The van der Waals surface area contributed by atoms with Gasteiger partial charge in [0.15, 0.2) is 12.4 Å². The van der Waals surface area contributed by atoms with Crippen LogP contribution in [0.25, 0.3) is 22.2 Å². The molecule has 0 aliphatic rings. The number of aromatic nitrogens is 4. The summed E-state index contributed by atoms with van der Waals surface area (Å²) in [5, 5.41) is 10.3. The number of nitrogens with zero attached hydrogens (tertiary/aromatic N) is 4. The molecule has 0 unspecified atom stereocenters. The molecule has 0 atom stereocenters. The SMILES string of the molecule is O=C(Cc1csc(-c2cccnc2)n1)OCc1nnc(-c2ccco2)o1. The molecular formula is C17H12N4O4S. The number of esters is 1. The van der Waals surface area contributed by atoms with Crippen LogP contribution >= 0.6 is 11.3 Å². The third kappa shape index (κ3) is 3.67. The molecule has 0 radical (unpaired) electrons. The molecule has 8 nitrogen and oxygen atoms in total. The minimum Gasteiger partial charge on any atom is -0.459 e. The zero-order chi connectivity index (χ0) is 17.8. The van der Waals surface area contributed by atoms with Gasteiger partial charge in [-0.15, -0.1) is 21.5 Å². The van der Waals surface area contributed by atoms with E-state index in [-0.39, 0.29) is 24.8 Å². The number of rotatable bonds is 6. The van der Waals surface area contributed by atoms with E-state index in [4.69, 9.17) is 13.6 Å². The van der Waals surface area contributed by atoms with Gasteiger partial charge in [0, 0.05) is 23.3 Å². The summed E-state index contributed by atoms with van der Waals surface area (Å²) in [5.74, 6) is 0.465. The minimum absolute atomic E-state index is 0.0654. The summed E-state index contributed by atoms with van der Waals surface area (Å²) in [6, 6.07) is 7.17. The van der Waals surface area contributed by atoms with E-state index in [0.717, 1.165) is 10.6 Å². The molecule has 4 aromatic heterocycles. The molecule has 0 aromatic carbocycles. The van der Waals surface area contributed by atoms with Crippen LogP contribution in [0.1, 0.15) is 11.6 Å². The predicted octanol–water partition coefficient (Wildman–Crippen LogP) is 3.13. The number of pyridine rings is 1. The second-order valence-electron chi connectivity index (χ2n) is 5.20. The van der Waals surface area contributed by atoms with Gasteiger partial charge in [0.05, 0.1) is 18.4 Å². The van der Waals surface area contributed by atoms with Gasteiger partial charge in [-0.05, 0) is 24.3 Å². The van der Waals surface area contributed by atoms with E-state index in [1.54, 1.807) is 24.5 Å². The Hall–Kier alpha value is -3.33. The summed E-state index contributed by atoms with van der Waals surface area (Å²) in [5.41, 5.74) is 1.55. The monoisotopic (exact) mass is 368 g/mol. The molecule has 0 aliphatic heterocycles. The van der Waals surface area contributed by atoms with E-state index in [1.165, 1.54) is 17.6 Å². The summed E-state index contributed by atoms with van der Waals surface area (Å²) in [7, 11) is 0. The molecule has 4 rings (SSSR count). The Morgan fingerprint density at radius 1 is 1.23 bits per heavy atom. The van der Waals surface area contributed by atoms with Gasteiger partial charge >= 0.3 is 5.97 Å². The van der Waals surface area contributed by atoms with Gasteiger partial charge in [0.25, 0.3) is 11.8 Å². The summed E-state index contributed by atoms with van der Waals surface area (Å²) in [6.45, 7) is -0.105.